The van der Waals surface area contributed by atoms with E-state index in [1.807, 2.05) is 12.1 Å². The summed E-state index contributed by atoms with van der Waals surface area (Å²) < 4.78 is 4.80. The minimum absolute atomic E-state index is 0.679. The number of rotatable bonds is 2. The SMILES string of the molecule is C#COc1ccc(C=C)cc1. The van der Waals surface area contributed by atoms with Gasteiger partial charge in [-0.15, -0.1) is 0 Å². The highest BCUT2D eigenvalue weighted by molar-refractivity contribution is 5.48. The minimum atomic E-state index is 0.679. The van der Waals surface area contributed by atoms with Gasteiger partial charge in [-0.2, -0.15) is 0 Å². The Balaban J connectivity index is 2.84. The van der Waals surface area contributed by atoms with Crippen LogP contribution in [-0.4, -0.2) is 0 Å². The third-order valence-corrected chi connectivity index (χ3v) is 1.29. The summed E-state index contributed by atoms with van der Waals surface area (Å²) in [5.41, 5.74) is 1.05. The van der Waals surface area contributed by atoms with Gasteiger partial charge in [0.15, 0.2) is 0 Å². The summed E-state index contributed by atoms with van der Waals surface area (Å²) in [6.45, 7) is 3.63. The fourth-order valence-electron chi connectivity index (χ4n) is 0.740. The van der Waals surface area contributed by atoms with Crippen LogP contribution in [0.15, 0.2) is 30.8 Å². The summed E-state index contributed by atoms with van der Waals surface area (Å²) in [6, 6.07) is 7.38. The van der Waals surface area contributed by atoms with Gasteiger partial charge in [0.2, 0.25) is 0 Å². The van der Waals surface area contributed by atoms with Crippen molar-refractivity contribution in [2.75, 3.05) is 0 Å². The van der Waals surface area contributed by atoms with E-state index in [9.17, 15) is 0 Å². The van der Waals surface area contributed by atoms with Crippen molar-refractivity contribution in [2.45, 2.75) is 0 Å². The average Bonchev–Trinajstić information content (AvgIpc) is 2.07. The van der Waals surface area contributed by atoms with E-state index in [4.69, 9.17) is 11.2 Å². The molecule has 0 aliphatic rings. The first-order valence-electron chi connectivity index (χ1n) is 3.22. The molecule has 1 heteroatoms. The quantitative estimate of drug-likeness (QED) is 0.579. The molecule has 1 nitrogen and oxygen atoms in total. The van der Waals surface area contributed by atoms with E-state index in [0.29, 0.717) is 5.75 Å². The highest BCUT2D eigenvalue weighted by atomic mass is 16.5. The number of benzene rings is 1. The van der Waals surface area contributed by atoms with E-state index in [1.54, 1.807) is 18.2 Å². The Hall–Kier alpha value is -1.68. The van der Waals surface area contributed by atoms with E-state index in [2.05, 4.69) is 12.7 Å². The Bertz CT molecular complexity index is 277. The molecule has 1 rings (SSSR count). The summed E-state index contributed by atoms with van der Waals surface area (Å²) >= 11 is 0. The fourth-order valence-corrected chi connectivity index (χ4v) is 0.740. The molecule has 0 unspecified atom stereocenters. The molecule has 0 saturated heterocycles. The smallest absolute Gasteiger partial charge is 0.140 e. The molecule has 0 heterocycles. The highest BCUT2D eigenvalue weighted by Crippen LogP contribution is 2.11. The number of terminal acetylenes is 1. The standard InChI is InChI=1S/C10H8O/c1-3-9-5-7-10(8-6-9)11-4-2/h2-3,5-8H,1H2. The molecule has 0 aliphatic heterocycles. The largest absolute Gasteiger partial charge is 0.408 e. The third kappa shape index (κ3) is 1.87. The zero-order valence-electron chi connectivity index (χ0n) is 6.08. The van der Waals surface area contributed by atoms with Gasteiger partial charge in [-0.05, 0) is 17.7 Å². The molecule has 0 saturated carbocycles. The van der Waals surface area contributed by atoms with Gasteiger partial charge in [-0.3, -0.25) is 0 Å². The molecule has 0 amide bonds. The minimum Gasteiger partial charge on any atom is -0.408 e. The van der Waals surface area contributed by atoms with Crippen molar-refractivity contribution in [1.82, 2.24) is 0 Å². The zero-order valence-corrected chi connectivity index (χ0v) is 6.08. The Morgan fingerprint density at radius 3 is 2.45 bits per heavy atom. The molecule has 0 fully saturated rings. The van der Waals surface area contributed by atoms with E-state index in [1.165, 1.54) is 0 Å². The Labute approximate surface area is 66.3 Å². The number of hydrogen-bond acceptors (Lipinski definition) is 1. The summed E-state index contributed by atoms with van der Waals surface area (Å²) in [5.74, 6) is 0.679. The van der Waals surface area contributed by atoms with Gasteiger partial charge in [0.1, 0.15) is 11.9 Å². The lowest BCUT2D eigenvalue weighted by molar-refractivity contribution is 0.521. The summed E-state index contributed by atoms with van der Waals surface area (Å²) in [6.07, 6.45) is 8.80. The first kappa shape index (κ1) is 7.43. The predicted molar refractivity (Wildman–Crippen MR) is 46.0 cm³/mol. The molecule has 1 aromatic rings. The average molecular weight is 144 g/mol. The molecule has 0 radical (unpaired) electrons. The maximum absolute atomic E-state index is 4.94. The van der Waals surface area contributed by atoms with Crippen LogP contribution in [-0.2, 0) is 0 Å². The van der Waals surface area contributed by atoms with Crippen molar-refractivity contribution in [3.63, 3.8) is 0 Å². The molecule has 0 aliphatic carbocycles. The van der Waals surface area contributed by atoms with Crippen molar-refractivity contribution >= 4 is 6.08 Å². The van der Waals surface area contributed by atoms with Gasteiger partial charge in [0, 0.05) is 0 Å². The fraction of sp³-hybridized carbons (Fsp3) is 0. The van der Waals surface area contributed by atoms with Crippen molar-refractivity contribution in [2.24, 2.45) is 0 Å². The first-order chi connectivity index (χ1) is 5.36. The molecule has 0 atom stereocenters. The van der Waals surface area contributed by atoms with Crippen LogP contribution in [0.4, 0.5) is 0 Å². The molecule has 0 bridgehead atoms. The number of hydrogen-bond donors (Lipinski definition) is 0. The Morgan fingerprint density at radius 1 is 1.36 bits per heavy atom. The van der Waals surface area contributed by atoms with Crippen LogP contribution in [0, 0.1) is 12.5 Å². The summed E-state index contributed by atoms with van der Waals surface area (Å²) in [5, 5.41) is 0. The molecule has 0 aromatic heterocycles. The maximum Gasteiger partial charge on any atom is 0.140 e. The van der Waals surface area contributed by atoms with Crippen molar-refractivity contribution in [1.29, 1.82) is 0 Å². The zero-order chi connectivity index (χ0) is 8.10. The molecular formula is C10H8O. The molecule has 0 spiro atoms. The second kappa shape index (κ2) is 3.48. The molecule has 54 valence electrons. The molecular weight excluding hydrogens is 136 g/mol. The van der Waals surface area contributed by atoms with Crippen LogP contribution in [0.3, 0.4) is 0 Å². The van der Waals surface area contributed by atoms with Crippen LogP contribution in [0.25, 0.3) is 6.08 Å². The van der Waals surface area contributed by atoms with Gasteiger partial charge < -0.3 is 4.74 Å². The van der Waals surface area contributed by atoms with Gasteiger partial charge in [0.25, 0.3) is 0 Å². The first-order valence-corrected chi connectivity index (χ1v) is 3.22. The lowest BCUT2D eigenvalue weighted by Gasteiger charge is -1.96. The Morgan fingerprint density at radius 2 is 2.00 bits per heavy atom. The van der Waals surface area contributed by atoms with Gasteiger partial charge >= 0.3 is 0 Å². The van der Waals surface area contributed by atoms with Gasteiger partial charge in [0.05, 0.1) is 0 Å². The van der Waals surface area contributed by atoms with Crippen molar-refractivity contribution in [3.05, 3.63) is 36.4 Å². The van der Waals surface area contributed by atoms with Crippen molar-refractivity contribution in [3.8, 4) is 18.3 Å². The van der Waals surface area contributed by atoms with Crippen LogP contribution in [0.5, 0.6) is 5.75 Å². The van der Waals surface area contributed by atoms with Gasteiger partial charge in [-0.25, -0.2) is 0 Å². The second-order valence-corrected chi connectivity index (χ2v) is 1.99. The topological polar surface area (TPSA) is 9.23 Å². The molecule has 11 heavy (non-hydrogen) atoms. The lowest BCUT2D eigenvalue weighted by atomic mass is 10.2. The number of ether oxygens (including phenoxy) is 1. The molecule has 1 aromatic carbocycles. The monoisotopic (exact) mass is 144 g/mol. The normalized spacial score (nSPS) is 8.27. The van der Waals surface area contributed by atoms with E-state index >= 15 is 0 Å². The van der Waals surface area contributed by atoms with Crippen LogP contribution >= 0.6 is 0 Å². The highest BCUT2D eigenvalue weighted by Gasteiger charge is 1.89. The maximum atomic E-state index is 4.94. The van der Waals surface area contributed by atoms with Gasteiger partial charge in [-0.1, -0.05) is 31.2 Å². The summed E-state index contributed by atoms with van der Waals surface area (Å²) in [4.78, 5) is 0. The van der Waals surface area contributed by atoms with Crippen LogP contribution < -0.4 is 4.74 Å². The van der Waals surface area contributed by atoms with Crippen molar-refractivity contribution < 1.29 is 4.74 Å². The van der Waals surface area contributed by atoms with Crippen LogP contribution in [0.1, 0.15) is 5.56 Å². The predicted octanol–water partition coefficient (Wildman–Crippen LogP) is 2.30. The summed E-state index contributed by atoms with van der Waals surface area (Å²) in [7, 11) is 0. The molecule has 0 N–H and O–H groups in total. The third-order valence-electron chi connectivity index (χ3n) is 1.29. The van der Waals surface area contributed by atoms with E-state index in [-0.39, 0.29) is 0 Å². The lowest BCUT2D eigenvalue weighted by Crippen LogP contribution is -1.80. The second-order valence-electron chi connectivity index (χ2n) is 1.99. The Kier molecular flexibility index (Phi) is 2.35. The van der Waals surface area contributed by atoms with Crippen LogP contribution in [0.2, 0.25) is 0 Å². The van der Waals surface area contributed by atoms with E-state index < -0.39 is 0 Å². The van der Waals surface area contributed by atoms with E-state index in [0.717, 1.165) is 5.56 Å².